The molecule has 4 N–H and O–H groups in total. The normalized spacial score (nSPS) is 17.1. The quantitative estimate of drug-likeness (QED) is 0.425. The molecule has 1 aromatic carbocycles. The molecule has 34 heavy (non-hydrogen) atoms. The Hall–Kier alpha value is -4.05. The molecule has 4 rings (SSSR count). The Balaban J connectivity index is 1.45. The molecule has 3 amide bonds. The maximum absolute atomic E-state index is 13.1. The van der Waals surface area contributed by atoms with Crippen molar-refractivity contribution >= 4 is 23.4 Å². The number of hydrogen-bond donors (Lipinski definition) is 4. The molecule has 0 aliphatic carbocycles. The molecule has 1 saturated heterocycles. The third-order valence-corrected chi connectivity index (χ3v) is 5.65. The Labute approximate surface area is 197 Å². The first-order valence-corrected chi connectivity index (χ1v) is 10.9. The van der Waals surface area contributed by atoms with Gasteiger partial charge < -0.3 is 20.7 Å². The first-order valence-electron chi connectivity index (χ1n) is 10.9. The Morgan fingerprint density at radius 3 is 2.62 bits per heavy atom. The van der Waals surface area contributed by atoms with E-state index in [9.17, 15) is 9.59 Å². The molecule has 1 fully saturated rings. The third kappa shape index (κ3) is 5.65. The SMILES string of the molecule is COc1cc(C(=O)N[C@]2(Cc3ccncc3)CCNC2)ccc1NC(=O)Nc1cnc(C)cn1. The fraction of sp³-hybridized carbons (Fsp3) is 0.292. The van der Waals surface area contributed by atoms with Crippen LogP contribution >= 0.6 is 0 Å². The molecule has 0 spiro atoms. The minimum atomic E-state index is -0.498. The lowest BCUT2D eigenvalue weighted by Crippen LogP contribution is -2.51. The summed E-state index contributed by atoms with van der Waals surface area (Å²) < 4.78 is 5.42. The van der Waals surface area contributed by atoms with Gasteiger partial charge in [0.15, 0.2) is 5.82 Å². The van der Waals surface area contributed by atoms with Gasteiger partial charge in [0.25, 0.3) is 5.91 Å². The number of carbonyl (C=O) groups is 2. The summed E-state index contributed by atoms with van der Waals surface area (Å²) in [6, 6.07) is 8.32. The fourth-order valence-electron chi connectivity index (χ4n) is 3.91. The van der Waals surface area contributed by atoms with Crippen LogP contribution in [0.25, 0.3) is 0 Å². The molecule has 176 valence electrons. The second kappa shape index (κ2) is 10.3. The van der Waals surface area contributed by atoms with Crippen LogP contribution in [0, 0.1) is 6.92 Å². The number of hydrogen-bond acceptors (Lipinski definition) is 7. The summed E-state index contributed by atoms with van der Waals surface area (Å²) in [6.45, 7) is 3.32. The van der Waals surface area contributed by atoms with Crippen molar-refractivity contribution in [3.63, 3.8) is 0 Å². The van der Waals surface area contributed by atoms with Crippen molar-refractivity contribution in [3.8, 4) is 5.75 Å². The van der Waals surface area contributed by atoms with Gasteiger partial charge in [0, 0.05) is 24.5 Å². The van der Waals surface area contributed by atoms with Crippen LogP contribution in [0.2, 0.25) is 0 Å². The van der Waals surface area contributed by atoms with Crippen molar-refractivity contribution in [2.24, 2.45) is 0 Å². The third-order valence-electron chi connectivity index (χ3n) is 5.65. The van der Waals surface area contributed by atoms with Gasteiger partial charge in [0.1, 0.15) is 5.75 Å². The lowest BCUT2D eigenvalue weighted by atomic mass is 9.89. The van der Waals surface area contributed by atoms with Crippen molar-refractivity contribution in [2.75, 3.05) is 30.8 Å². The smallest absolute Gasteiger partial charge is 0.324 e. The number of anilines is 2. The number of amides is 3. The molecule has 3 heterocycles. The van der Waals surface area contributed by atoms with Gasteiger partial charge in [-0.05, 0) is 62.2 Å². The number of pyridine rings is 1. The summed E-state index contributed by atoms with van der Waals surface area (Å²) in [6.07, 6.45) is 8.06. The van der Waals surface area contributed by atoms with Crippen LogP contribution in [-0.2, 0) is 6.42 Å². The molecule has 2 aromatic heterocycles. The van der Waals surface area contributed by atoms with E-state index in [0.717, 1.165) is 24.2 Å². The molecule has 3 aromatic rings. The highest BCUT2D eigenvalue weighted by Crippen LogP contribution is 2.27. The monoisotopic (exact) mass is 461 g/mol. The van der Waals surface area contributed by atoms with Gasteiger partial charge in [-0.1, -0.05) is 0 Å². The second-order valence-corrected chi connectivity index (χ2v) is 8.23. The number of nitrogens with zero attached hydrogens (tertiary/aromatic N) is 3. The average molecular weight is 462 g/mol. The average Bonchev–Trinajstić information content (AvgIpc) is 3.29. The van der Waals surface area contributed by atoms with E-state index in [-0.39, 0.29) is 5.91 Å². The molecule has 0 unspecified atom stereocenters. The number of aromatic nitrogens is 3. The van der Waals surface area contributed by atoms with Crippen LogP contribution in [-0.4, -0.2) is 52.6 Å². The highest BCUT2D eigenvalue weighted by atomic mass is 16.5. The standard InChI is InChI=1S/C24H27N7O3/c1-16-13-28-21(14-27-16)30-23(33)29-19-4-3-18(11-20(19)34-2)22(32)31-24(7-10-26-15-24)12-17-5-8-25-9-6-17/h3-6,8-9,11,13-14,26H,7,10,12,15H2,1-2H3,(H,31,32)(H2,28,29,30,33)/t24-/m0/s1. The highest BCUT2D eigenvalue weighted by Gasteiger charge is 2.35. The zero-order valence-corrected chi connectivity index (χ0v) is 19.1. The van der Waals surface area contributed by atoms with Gasteiger partial charge in [0.2, 0.25) is 0 Å². The van der Waals surface area contributed by atoms with Gasteiger partial charge in [-0.2, -0.15) is 0 Å². The number of nitrogens with one attached hydrogen (secondary N) is 4. The lowest BCUT2D eigenvalue weighted by Gasteiger charge is -2.30. The van der Waals surface area contributed by atoms with E-state index in [0.29, 0.717) is 35.8 Å². The van der Waals surface area contributed by atoms with Crippen LogP contribution in [0.1, 0.15) is 28.0 Å². The number of carbonyl (C=O) groups excluding carboxylic acids is 2. The Morgan fingerprint density at radius 2 is 1.94 bits per heavy atom. The van der Waals surface area contributed by atoms with E-state index in [1.54, 1.807) is 36.8 Å². The molecule has 1 atom stereocenters. The number of methoxy groups -OCH3 is 1. The van der Waals surface area contributed by atoms with E-state index in [1.165, 1.54) is 13.3 Å². The minimum Gasteiger partial charge on any atom is -0.495 e. The largest absolute Gasteiger partial charge is 0.495 e. The van der Waals surface area contributed by atoms with Crippen molar-refractivity contribution in [3.05, 3.63) is 71.9 Å². The predicted octanol–water partition coefficient (Wildman–Crippen LogP) is 2.54. The lowest BCUT2D eigenvalue weighted by molar-refractivity contribution is 0.0905. The Bertz CT molecular complexity index is 1150. The van der Waals surface area contributed by atoms with Gasteiger partial charge in [-0.3, -0.25) is 20.1 Å². The predicted molar refractivity (Wildman–Crippen MR) is 128 cm³/mol. The first-order chi connectivity index (χ1) is 16.5. The molecule has 0 radical (unpaired) electrons. The number of ether oxygens (including phenoxy) is 1. The summed E-state index contributed by atoms with van der Waals surface area (Å²) in [5.41, 5.74) is 2.33. The van der Waals surface area contributed by atoms with Crippen molar-refractivity contribution in [1.82, 2.24) is 25.6 Å². The summed E-state index contributed by atoms with van der Waals surface area (Å²) in [5.74, 6) is 0.482. The Kier molecular flexibility index (Phi) is 6.98. The zero-order valence-electron chi connectivity index (χ0n) is 19.1. The summed E-state index contributed by atoms with van der Waals surface area (Å²) >= 11 is 0. The molecule has 0 bridgehead atoms. The molecule has 10 heteroatoms. The zero-order chi connectivity index (χ0) is 24.0. The number of rotatable bonds is 7. The fourth-order valence-corrected chi connectivity index (χ4v) is 3.91. The van der Waals surface area contributed by atoms with Crippen LogP contribution in [0.3, 0.4) is 0 Å². The summed E-state index contributed by atoms with van der Waals surface area (Å²) in [7, 11) is 1.48. The maximum atomic E-state index is 13.1. The van der Waals surface area contributed by atoms with Gasteiger partial charge in [-0.15, -0.1) is 0 Å². The molecule has 1 aliphatic rings. The van der Waals surface area contributed by atoms with Crippen molar-refractivity contribution < 1.29 is 14.3 Å². The Morgan fingerprint density at radius 1 is 1.12 bits per heavy atom. The van der Waals surface area contributed by atoms with Crippen LogP contribution < -0.4 is 26.0 Å². The summed E-state index contributed by atoms with van der Waals surface area (Å²) in [5, 5.41) is 11.9. The van der Waals surface area contributed by atoms with E-state index in [1.807, 2.05) is 19.1 Å². The van der Waals surface area contributed by atoms with Gasteiger partial charge in [-0.25, -0.2) is 9.78 Å². The minimum absolute atomic E-state index is 0.206. The van der Waals surface area contributed by atoms with Crippen molar-refractivity contribution in [2.45, 2.75) is 25.3 Å². The second-order valence-electron chi connectivity index (χ2n) is 8.23. The number of benzene rings is 1. The first kappa shape index (κ1) is 23.1. The van der Waals surface area contributed by atoms with Crippen LogP contribution in [0.4, 0.5) is 16.3 Å². The van der Waals surface area contributed by atoms with E-state index in [2.05, 4.69) is 36.2 Å². The van der Waals surface area contributed by atoms with E-state index >= 15 is 0 Å². The molecular formula is C24H27N7O3. The molecular weight excluding hydrogens is 434 g/mol. The highest BCUT2D eigenvalue weighted by molar-refractivity contribution is 6.01. The maximum Gasteiger partial charge on any atom is 0.324 e. The van der Waals surface area contributed by atoms with Gasteiger partial charge >= 0.3 is 6.03 Å². The number of urea groups is 1. The topological polar surface area (TPSA) is 130 Å². The van der Waals surface area contributed by atoms with Crippen molar-refractivity contribution in [1.29, 1.82) is 0 Å². The molecule has 10 nitrogen and oxygen atoms in total. The number of aryl methyl sites for hydroxylation is 1. The van der Waals surface area contributed by atoms with Crippen LogP contribution in [0.5, 0.6) is 5.75 Å². The van der Waals surface area contributed by atoms with Crippen LogP contribution in [0.15, 0.2) is 55.1 Å². The molecule has 0 saturated carbocycles. The molecule has 1 aliphatic heterocycles. The van der Waals surface area contributed by atoms with Gasteiger partial charge in [0.05, 0.1) is 36.4 Å². The van der Waals surface area contributed by atoms with E-state index in [4.69, 9.17) is 4.74 Å². The van der Waals surface area contributed by atoms with E-state index < -0.39 is 11.6 Å². The summed E-state index contributed by atoms with van der Waals surface area (Å²) in [4.78, 5) is 37.8.